The van der Waals surface area contributed by atoms with Crippen LogP contribution in [0, 0.1) is 30.0 Å². The largest absolute Gasteiger partial charge is 0.383 e. The van der Waals surface area contributed by atoms with Gasteiger partial charge in [-0.1, -0.05) is 37.1 Å². The molecule has 3 aromatic rings. The maximum Gasteiger partial charge on any atom is 0.140 e. The normalized spacial score (nSPS) is 18.2. The molecule has 0 saturated heterocycles. The highest BCUT2D eigenvalue weighted by Crippen LogP contribution is 2.46. The van der Waals surface area contributed by atoms with Gasteiger partial charge in [-0.25, -0.2) is 9.37 Å². The fraction of sp³-hybridized carbons (Fsp3) is 0.320. The summed E-state index contributed by atoms with van der Waals surface area (Å²) in [6.45, 7) is 4.08. The topological polar surface area (TPSA) is 75.6 Å². The van der Waals surface area contributed by atoms with Crippen LogP contribution in [0.3, 0.4) is 0 Å². The van der Waals surface area contributed by atoms with Crippen LogP contribution in [0.5, 0.6) is 0 Å². The van der Waals surface area contributed by atoms with Crippen molar-refractivity contribution >= 4 is 17.4 Å². The number of halogens is 2. The van der Waals surface area contributed by atoms with Crippen LogP contribution in [0.4, 0.5) is 10.2 Å². The summed E-state index contributed by atoms with van der Waals surface area (Å²) in [4.78, 5) is 8.75. The van der Waals surface area contributed by atoms with Crippen LogP contribution in [-0.2, 0) is 6.42 Å². The number of benzene rings is 1. The number of aromatic nitrogens is 2. The highest BCUT2D eigenvalue weighted by molar-refractivity contribution is 6.34. The van der Waals surface area contributed by atoms with Crippen molar-refractivity contribution in [1.82, 2.24) is 9.97 Å². The van der Waals surface area contributed by atoms with E-state index in [0.717, 1.165) is 36.0 Å². The van der Waals surface area contributed by atoms with Crippen molar-refractivity contribution in [3.05, 3.63) is 64.2 Å². The molecule has 4 rings (SSSR count). The van der Waals surface area contributed by atoms with Crippen molar-refractivity contribution in [3.8, 4) is 28.5 Å². The molecule has 2 atom stereocenters. The lowest BCUT2D eigenvalue weighted by Crippen LogP contribution is -2.05. The van der Waals surface area contributed by atoms with Gasteiger partial charge in [0.1, 0.15) is 11.6 Å². The summed E-state index contributed by atoms with van der Waals surface area (Å²) in [6, 6.07) is 9.12. The Bertz CT molecular complexity index is 1180. The molecule has 6 heteroatoms. The minimum Gasteiger partial charge on any atom is -0.383 e. The summed E-state index contributed by atoms with van der Waals surface area (Å²) in [5.41, 5.74) is 10.5. The molecule has 1 aliphatic carbocycles. The average Bonchev–Trinajstić information content (AvgIpc) is 3.17. The Morgan fingerprint density at radius 3 is 2.68 bits per heavy atom. The molecule has 2 unspecified atom stereocenters. The van der Waals surface area contributed by atoms with Crippen LogP contribution in [0.15, 0.2) is 36.7 Å². The number of rotatable bonds is 4. The SMILES string of the molecule is Cc1c(CC#N)ccnc1-c1cccc(-c2cnc(N)c(C3CCC(C)C3)c2Cl)c1F. The lowest BCUT2D eigenvalue weighted by atomic mass is 9.92. The van der Waals surface area contributed by atoms with E-state index >= 15 is 4.39 Å². The van der Waals surface area contributed by atoms with Gasteiger partial charge in [0.05, 0.1) is 23.2 Å². The van der Waals surface area contributed by atoms with Gasteiger partial charge in [-0.2, -0.15) is 5.26 Å². The van der Waals surface area contributed by atoms with Crippen LogP contribution in [0.2, 0.25) is 5.02 Å². The van der Waals surface area contributed by atoms with Crippen LogP contribution in [0.1, 0.15) is 48.8 Å². The first-order chi connectivity index (χ1) is 14.9. The first-order valence-corrected chi connectivity index (χ1v) is 10.8. The number of hydrogen-bond acceptors (Lipinski definition) is 4. The Morgan fingerprint density at radius 2 is 1.97 bits per heavy atom. The zero-order chi connectivity index (χ0) is 22.1. The van der Waals surface area contributed by atoms with Crippen LogP contribution >= 0.6 is 11.6 Å². The molecule has 2 N–H and O–H groups in total. The first kappa shape index (κ1) is 21.3. The molecule has 31 heavy (non-hydrogen) atoms. The predicted molar refractivity (Wildman–Crippen MR) is 122 cm³/mol. The summed E-state index contributed by atoms with van der Waals surface area (Å²) in [7, 11) is 0. The molecular formula is C25H24ClFN4. The molecule has 1 aliphatic rings. The second kappa shape index (κ2) is 8.64. The van der Waals surface area contributed by atoms with Crippen molar-refractivity contribution in [3.63, 3.8) is 0 Å². The van der Waals surface area contributed by atoms with E-state index in [9.17, 15) is 0 Å². The minimum atomic E-state index is -0.411. The molecule has 1 fully saturated rings. The van der Waals surface area contributed by atoms with Gasteiger partial charge in [-0.05, 0) is 54.9 Å². The predicted octanol–water partition coefficient (Wildman–Crippen LogP) is 6.46. The number of anilines is 1. The quantitative estimate of drug-likeness (QED) is 0.511. The molecule has 0 spiro atoms. The zero-order valence-electron chi connectivity index (χ0n) is 17.6. The summed E-state index contributed by atoms with van der Waals surface area (Å²) in [5.74, 6) is 0.865. The zero-order valence-corrected chi connectivity index (χ0v) is 18.4. The van der Waals surface area contributed by atoms with Crippen LogP contribution in [0.25, 0.3) is 22.4 Å². The average molecular weight is 435 g/mol. The van der Waals surface area contributed by atoms with Gasteiger partial charge in [-0.3, -0.25) is 4.98 Å². The number of nitrogen functional groups attached to an aromatic ring is 1. The van der Waals surface area contributed by atoms with Gasteiger partial charge in [0.25, 0.3) is 0 Å². The number of nitrogens with two attached hydrogens (primary N) is 1. The first-order valence-electron chi connectivity index (χ1n) is 10.5. The lowest BCUT2D eigenvalue weighted by molar-refractivity contribution is 0.596. The molecule has 1 aromatic carbocycles. The van der Waals surface area contributed by atoms with E-state index in [4.69, 9.17) is 22.6 Å². The van der Waals surface area contributed by atoms with Gasteiger partial charge in [0.2, 0.25) is 0 Å². The maximum atomic E-state index is 15.8. The molecule has 0 radical (unpaired) electrons. The fourth-order valence-electron chi connectivity index (χ4n) is 4.61. The second-order valence-electron chi connectivity index (χ2n) is 8.35. The highest BCUT2D eigenvalue weighted by Gasteiger charge is 2.29. The third-order valence-electron chi connectivity index (χ3n) is 6.31. The van der Waals surface area contributed by atoms with E-state index in [2.05, 4.69) is 23.0 Å². The Balaban J connectivity index is 1.84. The molecule has 2 aromatic heterocycles. The lowest BCUT2D eigenvalue weighted by Gasteiger charge is -2.18. The van der Waals surface area contributed by atoms with E-state index < -0.39 is 5.82 Å². The molecular weight excluding hydrogens is 411 g/mol. The smallest absolute Gasteiger partial charge is 0.140 e. The molecule has 1 saturated carbocycles. The fourth-order valence-corrected chi connectivity index (χ4v) is 5.01. The van der Waals surface area contributed by atoms with Crippen molar-refractivity contribution in [2.75, 3.05) is 5.73 Å². The number of hydrogen-bond donors (Lipinski definition) is 1. The number of nitrogens with zero attached hydrogens (tertiary/aromatic N) is 3. The summed E-state index contributed by atoms with van der Waals surface area (Å²) in [5, 5.41) is 9.54. The number of pyridine rings is 2. The Hall–Kier alpha value is -2.97. The molecule has 2 heterocycles. The maximum absolute atomic E-state index is 15.8. The third-order valence-corrected chi connectivity index (χ3v) is 6.72. The number of nitriles is 1. The highest BCUT2D eigenvalue weighted by atomic mass is 35.5. The third kappa shape index (κ3) is 3.88. The molecule has 4 nitrogen and oxygen atoms in total. The van der Waals surface area contributed by atoms with Gasteiger partial charge >= 0.3 is 0 Å². The van der Waals surface area contributed by atoms with E-state index in [1.54, 1.807) is 36.7 Å². The monoisotopic (exact) mass is 434 g/mol. The van der Waals surface area contributed by atoms with Gasteiger partial charge < -0.3 is 5.73 Å². The van der Waals surface area contributed by atoms with E-state index in [1.807, 2.05) is 6.92 Å². The molecule has 158 valence electrons. The van der Waals surface area contributed by atoms with E-state index in [0.29, 0.717) is 39.1 Å². The minimum absolute atomic E-state index is 0.243. The standard InChI is InChI=1S/C25H24ClFN4/c1-14-6-7-17(12-14)21-22(26)20(13-31-25(21)29)18-4-3-5-19(23(18)27)24-15(2)16(8-10-28)9-11-30-24/h3-5,9,11,13-14,17H,6-8,12H2,1-2H3,(H2,29,31). The Labute approximate surface area is 186 Å². The van der Waals surface area contributed by atoms with Gasteiger partial charge in [0, 0.05) is 34.6 Å². The summed E-state index contributed by atoms with van der Waals surface area (Å²) >= 11 is 6.81. The van der Waals surface area contributed by atoms with Crippen molar-refractivity contribution in [2.45, 2.75) is 45.4 Å². The van der Waals surface area contributed by atoms with Crippen LogP contribution < -0.4 is 5.73 Å². The summed E-state index contributed by atoms with van der Waals surface area (Å²) < 4.78 is 15.8. The van der Waals surface area contributed by atoms with Crippen molar-refractivity contribution < 1.29 is 4.39 Å². The molecule has 0 amide bonds. The van der Waals surface area contributed by atoms with Crippen LogP contribution in [-0.4, -0.2) is 9.97 Å². The second-order valence-corrected chi connectivity index (χ2v) is 8.72. The Morgan fingerprint density at radius 1 is 1.19 bits per heavy atom. The molecule has 0 aliphatic heterocycles. The Kier molecular flexibility index (Phi) is 5.93. The summed E-state index contributed by atoms with van der Waals surface area (Å²) in [6.07, 6.45) is 6.55. The van der Waals surface area contributed by atoms with Crippen molar-refractivity contribution in [2.24, 2.45) is 5.92 Å². The van der Waals surface area contributed by atoms with Gasteiger partial charge in [-0.15, -0.1) is 0 Å². The molecule has 0 bridgehead atoms. The van der Waals surface area contributed by atoms with E-state index in [-0.39, 0.29) is 12.3 Å². The van der Waals surface area contributed by atoms with Gasteiger partial charge in [0.15, 0.2) is 0 Å². The van der Waals surface area contributed by atoms with E-state index in [1.165, 1.54) is 0 Å². The van der Waals surface area contributed by atoms with Crippen molar-refractivity contribution in [1.29, 1.82) is 5.26 Å².